The van der Waals surface area contributed by atoms with Gasteiger partial charge in [-0.1, -0.05) is 36.6 Å². The maximum Gasteiger partial charge on any atom is 0.251 e. The molecule has 0 radical (unpaired) electrons. The summed E-state index contributed by atoms with van der Waals surface area (Å²) in [6, 6.07) is 12.0. The van der Waals surface area contributed by atoms with Crippen molar-refractivity contribution in [1.82, 2.24) is 14.5 Å². The minimum Gasteiger partial charge on any atom is -0.497 e. The molecule has 9 heteroatoms. The lowest BCUT2D eigenvalue weighted by atomic mass is 10.1. The highest BCUT2D eigenvalue weighted by molar-refractivity contribution is 7.89. The van der Waals surface area contributed by atoms with Crippen molar-refractivity contribution >= 4 is 27.5 Å². The number of nitrogens with zero attached hydrogens (tertiary/aromatic N) is 2. The number of likely N-dealkylation sites (N-methyl/N-ethyl adjacent to an activating group) is 1. The molecule has 1 fully saturated rings. The molecule has 7 nitrogen and oxygen atoms in total. The summed E-state index contributed by atoms with van der Waals surface area (Å²) >= 11 is 6.26. The number of carbonyl (C=O) groups excluding carboxylic acids is 1. The van der Waals surface area contributed by atoms with Crippen molar-refractivity contribution in [2.45, 2.75) is 36.6 Å². The molecule has 0 aliphatic carbocycles. The Bertz CT molecular complexity index is 1050. The SMILES string of the molecule is COc1ccc(C(CNC(=O)c2ccc(Cl)c(S(=O)(=O)N3CCCCCC3)c2)N(C)C)cc1. The molecular formula is C24H32ClN3O4S. The van der Waals surface area contributed by atoms with E-state index in [1.54, 1.807) is 13.2 Å². The maximum atomic E-state index is 13.2. The Morgan fingerprint density at radius 2 is 1.73 bits per heavy atom. The van der Waals surface area contributed by atoms with Crippen LogP contribution < -0.4 is 10.1 Å². The van der Waals surface area contributed by atoms with Crippen LogP contribution in [-0.4, -0.2) is 64.4 Å². The molecule has 2 aromatic carbocycles. The molecule has 180 valence electrons. The van der Waals surface area contributed by atoms with Crippen molar-refractivity contribution in [2.24, 2.45) is 0 Å². The summed E-state index contributed by atoms with van der Waals surface area (Å²) in [4.78, 5) is 14.9. The second kappa shape index (κ2) is 11.3. The van der Waals surface area contributed by atoms with E-state index in [0.717, 1.165) is 37.0 Å². The summed E-state index contributed by atoms with van der Waals surface area (Å²) in [6.45, 7) is 1.30. The smallest absolute Gasteiger partial charge is 0.251 e. The van der Waals surface area contributed by atoms with Crippen LogP contribution >= 0.6 is 11.6 Å². The average Bonchev–Trinajstić information content (AvgIpc) is 3.10. The van der Waals surface area contributed by atoms with Gasteiger partial charge in [0.05, 0.1) is 18.2 Å². The number of halogens is 1. The van der Waals surface area contributed by atoms with Crippen LogP contribution in [-0.2, 0) is 10.0 Å². The van der Waals surface area contributed by atoms with Crippen LogP contribution in [0.5, 0.6) is 5.75 Å². The van der Waals surface area contributed by atoms with Crippen LogP contribution in [0.2, 0.25) is 5.02 Å². The van der Waals surface area contributed by atoms with E-state index in [0.29, 0.717) is 19.6 Å². The van der Waals surface area contributed by atoms with E-state index in [-0.39, 0.29) is 27.4 Å². The fraction of sp³-hybridized carbons (Fsp3) is 0.458. The van der Waals surface area contributed by atoms with E-state index in [4.69, 9.17) is 16.3 Å². The van der Waals surface area contributed by atoms with E-state index >= 15 is 0 Å². The van der Waals surface area contributed by atoms with Gasteiger partial charge in [0, 0.05) is 25.2 Å². The molecule has 0 bridgehead atoms. The van der Waals surface area contributed by atoms with Crippen molar-refractivity contribution < 1.29 is 17.9 Å². The zero-order chi connectivity index (χ0) is 24.0. The lowest BCUT2D eigenvalue weighted by molar-refractivity contribution is 0.0941. The molecule has 3 rings (SSSR count). The monoisotopic (exact) mass is 493 g/mol. The highest BCUT2D eigenvalue weighted by Crippen LogP contribution is 2.28. The lowest BCUT2D eigenvalue weighted by Crippen LogP contribution is -2.35. The van der Waals surface area contributed by atoms with Gasteiger partial charge in [0.1, 0.15) is 10.6 Å². The van der Waals surface area contributed by atoms with Crippen LogP contribution in [0.25, 0.3) is 0 Å². The van der Waals surface area contributed by atoms with Crippen LogP contribution in [0.15, 0.2) is 47.4 Å². The number of amides is 1. The van der Waals surface area contributed by atoms with Crippen LogP contribution in [0.1, 0.15) is 47.6 Å². The van der Waals surface area contributed by atoms with Crippen molar-refractivity contribution in [1.29, 1.82) is 0 Å². The van der Waals surface area contributed by atoms with E-state index in [1.165, 1.54) is 16.4 Å². The molecule has 1 N–H and O–H groups in total. The van der Waals surface area contributed by atoms with Crippen molar-refractivity contribution in [3.63, 3.8) is 0 Å². The second-order valence-corrected chi connectivity index (χ2v) is 10.7. The van der Waals surface area contributed by atoms with Crippen LogP contribution in [0.3, 0.4) is 0 Å². The predicted molar refractivity (Wildman–Crippen MR) is 130 cm³/mol. The molecule has 0 saturated carbocycles. The predicted octanol–water partition coefficient (Wildman–Crippen LogP) is 3.95. The molecule has 1 unspecified atom stereocenters. The van der Waals surface area contributed by atoms with Crippen LogP contribution in [0, 0.1) is 0 Å². The average molecular weight is 494 g/mol. The molecule has 2 aromatic rings. The molecule has 0 spiro atoms. The van der Waals surface area contributed by atoms with E-state index < -0.39 is 10.0 Å². The third-order valence-corrected chi connectivity index (χ3v) is 8.34. The first-order chi connectivity index (χ1) is 15.7. The molecular weight excluding hydrogens is 462 g/mol. The van der Waals surface area contributed by atoms with E-state index in [9.17, 15) is 13.2 Å². The maximum absolute atomic E-state index is 13.2. The molecule has 1 atom stereocenters. The molecule has 0 aromatic heterocycles. The fourth-order valence-corrected chi connectivity index (χ4v) is 6.00. The molecule has 1 amide bonds. The summed E-state index contributed by atoms with van der Waals surface area (Å²) in [5, 5.41) is 3.06. The zero-order valence-electron chi connectivity index (χ0n) is 19.4. The Morgan fingerprint density at radius 3 is 2.30 bits per heavy atom. The molecule has 33 heavy (non-hydrogen) atoms. The molecule has 1 aliphatic rings. The van der Waals surface area contributed by atoms with Gasteiger partial charge in [-0.3, -0.25) is 4.79 Å². The number of carbonyl (C=O) groups is 1. The fourth-order valence-electron chi connectivity index (χ4n) is 3.98. The number of sulfonamides is 1. The van der Waals surface area contributed by atoms with Crippen molar-refractivity contribution in [3.05, 3.63) is 58.6 Å². The second-order valence-electron chi connectivity index (χ2n) is 8.43. The molecule has 1 aliphatic heterocycles. The van der Waals surface area contributed by atoms with Gasteiger partial charge >= 0.3 is 0 Å². The Labute approximate surface area is 201 Å². The van der Waals surface area contributed by atoms with Crippen molar-refractivity contribution in [3.8, 4) is 5.75 Å². The van der Waals surface area contributed by atoms with Crippen LogP contribution in [0.4, 0.5) is 0 Å². The third kappa shape index (κ3) is 6.26. The highest BCUT2D eigenvalue weighted by Gasteiger charge is 2.28. The first-order valence-corrected chi connectivity index (χ1v) is 12.9. The Kier molecular flexibility index (Phi) is 8.75. The summed E-state index contributed by atoms with van der Waals surface area (Å²) in [5.41, 5.74) is 1.29. The van der Waals surface area contributed by atoms with Gasteiger partial charge in [0.25, 0.3) is 5.91 Å². The zero-order valence-corrected chi connectivity index (χ0v) is 21.0. The molecule has 1 heterocycles. The summed E-state index contributed by atoms with van der Waals surface area (Å²) in [5.74, 6) is 0.416. The Hall–Kier alpha value is -2.13. The lowest BCUT2D eigenvalue weighted by Gasteiger charge is -2.25. The van der Waals surface area contributed by atoms with E-state index in [2.05, 4.69) is 5.32 Å². The van der Waals surface area contributed by atoms with Gasteiger partial charge in [0.15, 0.2) is 0 Å². The summed E-state index contributed by atoms with van der Waals surface area (Å²) in [7, 11) is 1.73. The van der Waals surface area contributed by atoms with Gasteiger partial charge in [0.2, 0.25) is 10.0 Å². The number of benzene rings is 2. The number of methoxy groups -OCH3 is 1. The van der Waals surface area contributed by atoms with Gasteiger partial charge in [-0.05, 0) is 62.8 Å². The number of rotatable bonds is 8. The number of hydrogen-bond acceptors (Lipinski definition) is 5. The Balaban J connectivity index is 1.76. The Morgan fingerprint density at radius 1 is 1.09 bits per heavy atom. The first kappa shape index (κ1) is 25.5. The topological polar surface area (TPSA) is 78.9 Å². The van der Waals surface area contributed by atoms with E-state index in [1.807, 2.05) is 43.3 Å². The third-order valence-electron chi connectivity index (χ3n) is 5.96. The standard InChI is InChI=1S/C24H32ClN3O4S/c1-27(2)22(18-8-11-20(32-3)12-9-18)17-26-24(29)19-10-13-21(25)23(16-19)33(30,31)28-14-6-4-5-7-15-28/h8-13,16,22H,4-7,14-15,17H2,1-3H3,(H,26,29). The largest absolute Gasteiger partial charge is 0.497 e. The first-order valence-electron chi connectivity index (χ1n) is 11.1. The molecule has 1 saturated heterocycles. The normalized spacial score (nSPS) is 16.3. The summed E-state index contributed by atoms with van der Waals surface area (Å²) < 4.78 is 33.1. The minimum absolute atomic E-state index is 0.0157. The summed E-state index contributed by atoms with van der Waals surface area (Å²) in [6.07, 6.45) is 3.69. The van der Waals surface area contributed by atoms with Gasteiger partial charge < -0.3 is 15.0 Å². The number of nitrogens with one attached hydrogen (secondary N) is 1. The quantitative estimate of drug-likeness (QED) is 0.602. The number of ether oxygens (including phenoxy) is 1. The number of hydrogen-bond donors (Lipinski definition) is 1. The van der Waals surface area contributed by atoms with Gasteiger partial charge in [-0.2, -0.15) is 4.31 Å². The highest BCUT2D eigenvalue weighted by atomic mass is 35.5. The van der Waals surface area contributed by atoms with Gasteiger partial charge in [-0.25, -0.2) is 8.42 Å². The minimum atomic E-state index is -3.77. The van der Waals surface area contributed by atoms with Crippen molar-refractivity contribution in [2.75, 3.05) is 40.8 Å². The van der Waals surface area contributed by atoms with Gasteiger partial charge in [-0.15, -0.1) is 0 Å².